The predicted molar refractivity (Wildman–Crippen MR) is 78.1 cm³/mol. The number of halogens is 1. The van der Waals surface area contributed by atoms with Crippen molar-refractivity contribution in [1.29, 1.82) is 0 Å². The highest BCUT2D eigenvalue weighted by molar-refractivity contribution is 5.88. The molecule has 2 aromatic heterocycles. The Labute approximate surface area is 116 Å². The van der Waals surface area contributed by atoms with Gasteiger partial charge in [0.25, 0.3) is 0 Å². The van der Waals surface area contributed by atoms with E-state index in [1.807, 2.05) is 44.3 Å². The lowest BCUT2D eigenvalue weighted by atomic mass is 10.2. The number of aromatic nitrogens is 4. The summed E-state index contributed by atoms with van der Waals surface area (Å²) in [5.41, 5.74) is 9.40. The summed E-state index contributed by atoms with van der Waals surface area (Å²) in [5.74, 6) is 1.10. The van der Waals surface area contributed by atoms with Crippen molar-refractivity contribution in [2.75, 3.05) is 5.73 Å². The van der Waals surface area contributed by atoms with Gasteiger partial charge in [0, 0.05) is 12.6 Å². The minimum absolute atomic E-state index is 0. The average molecular weight is 276 g/mol. The van der Waals surface area contributed by atoms with Crippen LogP contribution >= 0.6 is 12.4 Å². The molecule has 0 saturated carbocycles. The minimum atomic E-state index is 0. The maximum atomic E-state index is 6.00. The third kappa shape index (κ3) is 2.13. The quantitative estimate of drug-likeness (QED) is 0.740. The molecule has 0 aliphatic carbocycles. The normalized spacial score (nSPS) is 10.4. The van der Waals surface area contributed by atoms with Gasteiger partial charge in [-0.2, -0.15) is 5.10 Å². The molecule has 2 N–H and O–H groups in total. The number of benzene rings is 1. The minimum Gasteiger partial charge on any atom is -0.382 e. The molecule has 0 spiro atoms. The molecule has 2 heterocycles. The molecular formula is C13H14ClN5. The van der Waals surface area contributed by atoms with E-state index in [2.05, 4.69) is 15.1 Å². The Morgan fingerprint density at radius 2 is 1.79 bits per heavy atom. The van der Waals surface area contributed by atoms with Crippen LogP contribution in [0.2, 0.25) is 0 Å². The molecule has 0 radical (unpaired) electrons. The molecule has 3 rings (SSSR count). The fraction of sp³-hybridized carbons (Fsp3) is 0.154. The highest BCUT2D eigenvalue weighted by Crippen LogP contribution is 2.24. The second kappa shape index (κ2) is 4.85. The van der Waals surface area contributed by atoms with Crippen LogP contribution in [0.25, 0.3) is 22.4 Å². The number of anilines is 1. The van der Waals surface area contributed by atoms with Crippen LogP contribution in [0.5, 0.6) is 0 Å². The standard InChI is InChI=1S/C13H13N5.ClH/c1-8-10-11(18(2)17-8)12(14)16-13(15-10)9-6-4-3-5-7-9;/h3-7H,1-2H3,(H2,14,15,16);1H. The van der Waals surface area contributed by atoms with Crippen LogP contribution in [0.15, 0.2) is 30.3 Å². The molecule has 3 aromatic rings. The van der Waals surface area contributed by atoms with Gasteiger partial charge in [0.2, 0.25) is 0 Å². The van der Waals surface area contributed by atoms with E-state index in [-0.39, 0.29) is 12.4 Å². The lowest BCUT2D eigenvalue weighted by Gasteiger charge is -2.03. The lowest BCUT2D eigenvalue weighted by molar-refractivity contribution is 0.783. The van der Waals surface area contributed by atoms with Gasteiger partial charge in [-0.1, -0.05) is 30.3 Å². The smallest absolute Gasteiger partial charge is 0.162 e. The van der Waals surface area contributed by atoms with E-state index >= 15 is 0 Å². The third-order valence-electron chi connectivity index (χ3n) is 2.91. The van der Waals surface area contributed by atoms with Crippen molar-refractivity contribution in [3.8, 4) is 11.4 Å². The Bertz CT molecular complexity index is 721. The zero-order valence-corrected chi connectivity index (χ0v) is 11.5. The van der Waals surface area contributed by atoms with Crippen molar-refractivity contribution < 1.29 is 0 Å². The Kier molecular flexibility index (Phi) is 3.40. The van der Waals surface area contributed by atoms with Gasteiger partial charge in [0.1, 0.15) is 11.0 Å². The average Bonchev–Trinajstić information content (AvgIpc) is 2.66. The van der Waals surface area contributed by atoms with Gasteiger partial charge < -0.3 is 5.73 Å². The van der Waals surface area contributed by atoms with E-state index < -0.39 is 0 Å². The summed E-state index contributed by atoms with van der Waals surface area (Å²) in [6.45, 7) is 1.92. The summed E-state index contributed by atoms with van der Waals surface area (Å²) >= 11 is 0. The molecule has 0 bridgehead atoms. The number of aryl methyl sites for hydroxylation is 2. The molecule has 0 saturated heterocycles. The van der Waals surface area contributed by atoms with Crippen molar-refractivity contribution in [3.63, 3.8) is 0 Å². The second-order valence-electron chi connectivity index (χ2n) is 4.20. The highest BCUT2D eigenvalue weighted by Gasteiger charge is 2.13. The Hall–Kier alpha value is -2.14. The molecule has 0 unspecified atom stereocenters. The summed E-state index contributed by atoms with van der Waals surface area (Å²) < 4.78 is 1.72. The first kappa shape index (κ1) is 13.3. The molecule has 0 aliphatic rings. The molecular weight excluding hydrogens is 262 g/mol. The van der Waals surface area contributed by atoms with Crippen molar-refractivity contribution >= 4 is 29.3 Å². The number of nitrogens with zero attached hydrogens (tertiary/aromatic N) is 4. The molecule has 0 atom stereocenters. The molecule has 1 aromatic carbocycles. The van der Waals surface area contributed by atoms with Crippen LogP contribution in [-0.4, -0.2) is 19.7 Å². The first-order valence-corrected chi connectivity index (χ1v) is 5.69. The monoisotopic (exact) mass is 275 g/mol. The largest absolute Gasteiger partial charge is 0.382 e. The number of fused-ring (bicyclic) bond motifs is 1. The number of rotatable bonds is 1. The van der Waals surface area contributed by atoms with Crippen LogP contribution in [0.4, 0.5) is 5.82 Å². The number of hydrogen-bond acceptors (Lipinski definition) is 4. The Morgan fingerprint density at radius 1 is 1.11 bits per heavy atom. The third-order valence-corrected chi connectivity index (χ3v) is 2.91. The summed E-state index contributed by atoms with van der Waals surface area (Å²) in [7, 11) is 1.84. The van der Waals surface area contributed by atoms with E-state index in [0.29, 0.717) is 11.6 Å². The van der Waals surface area contributed by atoms with E-state index in [4.69, 9.17) is 5.73 Å². The number of hydrogen-bond donors (Lipinski definition) is 1. The second-order valence-corrected chi connectivity index (χ2v) is 4.20. The van der Waals surface area contributed by atoms with Gasteiger partial charge in [0.05, 0.1) is 5.69 Å². The molecule has 5 nitrogen and oxygen atoms in total. The van der Waals surface area contributed by atoms with E-state index in [1.54, 1.807) is 4.68 Å². The zero-order chi connectivity index (χ0) is 12.7. The van der Waals surface area contributed by atoms with Crippen LogP contribution in [0, 0.1) is 6.92 Å². The molecule has 19 heavy (non-hydrogen) atoms. The van der Waals surface area contributed by atoms with Gasteiger partial charge in [-0.05, 0) is 6.92 Å². The number of nitrogen functional groups attached to an aromatic ring is 1. The first-order chi connectivity index (χ1) is 8.66. The van der Waals surface area contributed by atoms with Crippen LogP contribution in [0.3, 0.4) is 0 Å². The van der Waals surface area contributed by atoms with Crippen LogP contribution in [-0.2, 0) is 7.05 Å². The number of nitrogens with two attached hydrogens (primary N) is 1. The van der Waals surface area contributed by atoms with E-state index in [1.165, 1.54) is 0 Å². The first-order valence-electron chi connectivity index (χ1n) is 5.69. The maximum absolute atomic E-state index is 6.00. The van der Waals surface area contributed by atoms with Crippen LogP contribution in [0.1, 0.15) is 5.69 Å². The van der Waals surface area contributed by atoms with Gasteiger partial charge in [0.15, 0.2) is 11.6 Å². The summed E-state index contributed by atoms with van der Waals surface area (Å²) in [6.07, 6.45) is 0. The molecule has 6 heteroatoms. The Morgan fingerprint density at radius 3 is 2.47 bits per heavy atom. The summed E-state index contributed by atoms with van der Waals surface area (Å²) in [4.78, 5) is 8.90. The van der Waals surface area contributed by atoms with Crippen LogP contribution < -0.4 is 5.73 Å². The van der Waals surface area contributed by atoms with E-state index in [9.17, 15) is 0 Å². The molecule has 98 valence electrons. The van der Waals surface area contributed by atoms with Gasteiger partial charge in [-0.25, -0.2) is 9.97 Å². The van der Waals surface area contributed by atoms with Crippen molar-refractivity contribution in [2.45, 2.75) is 6.92 Å². The van der Waals surface area contributed by atoms with E-state index in [0.717, 1.165) is 22.3 Å². The van der Waals surface area contributed by atoms with Crippen molar-refractivity contribution in [1.82, 2.24) is 19.7 Å². The molecule has 0 aliphatic heterocycles. The van der Waals surface area contributed by atoms with Crippen molar-refractivity contribution in [3.05, 3.63) is 36.0 Å². The van der Waals surface area contributed by atoms with Crippen molar-refractivity contribution in [2.24, 2.45) is 7.05 Å². The van der Waals surface area contributed by atoms with Gasteiger partial charge in [-0.15, -0.1) is 12.4 Å². The summed E-state index contributed by atoms with van der Waals surface area (Å²) in [6, 6.07) is 9.80. The fourth-order valence-electron chi connectivity index (χ4n) is 2.08. The Balaban J connectivity index is 0.00000133. The SMILES string of the molecule is Cc1nn(C)c2c(N)nc(-c3ccccc3)nc12.Cl. The van der Waals surface area contributed by atoms with Gasteiger partial charge >= 0.3 is 0 Å². The lowest BCUT2D eigenvalue weighted by Crippen LogP contribution is -2.00. The maximum Gasteiger partial charge on any atom is 0.162 e. The molecule has 0 amide bonds. The fourth-order valence-corrected chi connectivity index (χ4v) is 2.08. The topological polar surface area (TPSA) is 69.6 Å². The summed E-state index contributed by atoms with van der Waals surface area (Å²) in [5, 5.41) is 4.32. The highest BCUT2D eigenvalue weighted by atomic mass is 35.5. The zero-order valence-electron chi connectivity index (χ0n) is 10.7. The van der Waals surface area contributed by atoms with Gasteiger partial charge in [-0.3, -0.25) is 4.68 Å². The predicted octanol–water partition coefficient (Wildman–Crippen LogP) is 2.34. The molecule has 0 fully saturated rings.